The molecular formula is C35H43N3O6. The average Bonchev–Trinajstić information content (AvgIpc) is 3.34. The molecule has 0 spiro atoms. The molecule has 9 nitrogen and oxygen atoms in total. The van der Waals surface area contributed by atoms with E-state index in [1.165, 1.54) is 38.9 Å². The van der Waals surface area contributed by atoms with Gasteiger partial charge in [0.2, 0.25) is 5.91 Å². The minimum absolute atomic E-state index is 0.122. The number of hydrogen-bond donors (Lipinski definition) is 2. The van der Waals surface area contributed by atoms with E-state index >= 15 is 0 Å². The normalized spacial score (nSPS) is 23.8. The van der Waals surface area contributed by atoms with Crippen LogP contribution in [0.25, 0.3) is 11.0 Å². The number of rotatable bonds is 10. The number of allylic oxidation sites excluding steroid dienone is 1. The molecule has 9 heteroatoms. The van der Waals surface area contributed by atoms with E-state index in [2.05, 4.69) is 29.2 Å². The number of hydrogen-bond acceptors (Lipinski definition) is 6. The molecule has 6 unspecified atom stereocenters. The third-order valence-electron chi connectivity index (χ3n) is 9.55. The first-order valence-electron chi connectivity index (χ1n) is 15.7. The number of nitrogens with zero attached hydrogens (tertiary/aromatic N) is 1. The van der Waals surface area contributed by atoms with E-state index in [9.17, 15) is 19.2 Å². The molecule has 44 heavy (non-hydrogen) atoms. The number of carbonyl (C=O) groups excluding carboxylic acids is 3. The van der Waals surface area contributed by atoms with Crippen LogP contribution in [0.2, 0.25) is 0 Å². The summed E-state index contributed by atoms with van der Waals surface area (Å²) in [7, 11) is 1.28. The SMILES string of the molecule is COC(=O)/C=C/CCC(NC(=O)c1oc2ccccc2c1C)C(=O)Nc1cccn(CC2C(C)CC3CC(C)CC2C3)c1=O. The van der Waals surface area contributed by atoms with E-state index in [1.807, 2.05) is 18.2 Å². The van der Waals surface area contributed by atoms with Gasteiger partial charge in [-0.2, -0.15) is 0 Å². The van der Waals surface area contributed by atoms with Gasteiger partial charge in [0, 0.05) is 29.8 Å². The van der Waals surface area contributed by atoms with Gasteiger partial charge in [0.15, 0.2) is 5.76 Å². The molecule has 2 bridgehead atoms. The van der Waals surface area contributed by atoms with Gasteiger partial charge in [-0.25, -0.2) is 4.79 Å². The summed E-state index contributed by atoms with van der Waals surface area (Å²) in [6.07, 6.45) is 10.1. The number of amides is 2. The van der Waals surface area contributed by atoms with Crippen LogP contribution in [0.3, 0.4) is 0 Å². The van der Waals surface area contributed by atoms with Crippen molar-refractivity contribution in [3.8, 4) is 0 Å². The average molecular weight is 602 g/mol. The van der Waals surface area contributed by atoms with E-state index in [0.717, 1.165) is 11.3 Å². The first kappa shape index (κ1) is 31.3. The van der Waals surface area contributed by atoms with E-state index < -0.39 is 23.8 Å². The van der Waals surface area contributed by atoms with Crippen molar-refractivity contribution < 1.29 is 23.5 Å². The standard InChI is InChI=1S/C35H43N3O6/c1-21-16-24-18-22(2)27(25(17-21)19-24)20-38-15-9-12-29(35(38)42)37-33(40)28(11-6-8-14-31(39)43-4)36-34(41)32-23(3)26-10-5-7-13-30(26)44-32/h5,7-10,12-15,21-22,24-25,27-28H,6,11,16-20H2,1-4H3,(H,36,41)(H,37,40)/b14-8+. The molecule has 2 saturated carbocycles. The first-order valence-corrected chi connectivity index (χ1v) is 15.7. The van der Waals surface area contributed by atoms with Crippen molar-refractivity contribution in [1.82, 2.24) is 9.88 Å². The Labute approximate surface area is 258 Å². The molecule has 3 aromatic rings. The summed E-state index contributed by atoms with van der Waals surface area (Å²) >= 11 is 0. The van der Waals surface area contributed by atoms with E-state index in [0.29, 0.717) is 47.8 Å². The van der Waals surface area contributed by atoms with Gasteiger partial charge < -0.3 is 24.4 Å². The summed E-state index contributed by atoms with van der Waals surface area (Å²) in [5.74, 6) is 1.62. The summed E-state index contributed by atoms with van der Waals surface area (Å²) in [5.41, 5.74) is 1.15. The predicted octanol–water partition coefficient (Wildman–Crippen LogP) is 5.86. The molecule has 2 N–H and O–H groups in total. The second-order valence-electron chi connectivity index (χ2n) is 12.8. The monoisotopic (exact) mass is 601 g/mol. The number of fused-ring (bicyclic) bond motifs is 3. The second-order valence-corrected chi connectivity index (χ2v) is 12.8. The Morgan fingerprint density at radius 1 is 1.09 bits per heavy atom. The maximum absolute atomic E-state index is 13.6. The molecule has 1 aromatic carbocycles. The Morgan fingerprint density at radius 2 is 1.89 bits per heavy atom. The molecule has 0 aliphatic heterocycles. The fourth-order valence-corrected chi connectivity index (χ4v) is 7.46. The molecule has 2 heterocycles. The lowest BCUT2D eigenvalue weighted by Crippen LogP contribution is -2.45. The number of methoxy groups -OCH3 is 1. The number of para-hydroxylation sites is 1. The van der Waals surface area contributed by atoms with Crippen LogP contribution in [0.1, 0.15) is 68.5 Å². The van der Waals surface area contributed by atoms with Gasteiger partial charge >= 0.3 is 5.97 Å². The number of furan rings is 1. The molecule has 2 aliphatic rings. The minimum atomic E-state index is -0.996. The van der Waals surface area contributed by atoms with Gasteiger partial charge in [-0.1, -0.05) is 38.1 Å². The van der Waals surface area contributed by atoms with Gasteiger partial charge in [-0.15, -0.1) is 0 Å². The summed E-state index contributed by atoms with van der Waals surface area (Å²) in [6.45, 7) is 7.06. The van der Waals surface area contributed by atoms with Crippen LogP contribution in [0, 0.1) is 36.5 Å². The van der Waals surface area contributed by atoms with Crippen LogP contribution in [0.5, 0.6) is 0 Å². The minimum Gasteiger partial charge on any atom is -0.466 e. The first-order chi connectivity index (χ1) is 21.1. The van der Waals surface area contributed by atoms with Crippen molar-refractivity contribution in [3.63, 3.8) is 0 Å². The lowest BCUT2D eigenvalue weighted by molar-refractivity contribution is -0.134. The van der Waals surface area contributed by atoms with Crippen LogP contribution in [0.4, 0.5) is 5.69 Å². The highest BCUT2D eigenvalue weighted by molar-refractivity contribution is 6.03. The van der Waals surface area contributed by atoms with Crippen molar-refractivity contribution in [2.24, 2.45) is 29.6 Å². The molecule has 2 aliphatic carbocycles. The third-order valence-corrected chi connectivity index (χ3v) is 9.55. The molecule has 0 saturated heterocycles. The lowest BCUT2D eigenvalue weighted by Gasteiger charge is -2.46. The Kier molecular flexibility index (Phi) is 9.71. The number of esters is 1. The van der Waals surface area contributed by atoms with Crippen LogP contribution >= 0.6 is 0 Å². The number of benzene rings is 1. The van der Waals surface area contributed by atoms with Gasteiger partial charge in [-0.05, 0) is 93.2 Å². The maximum Gasteiger partial charge on any atom is 0.330 e. The van der Waals surface area contributed by atoms with Crippen molar-refractivity contribution in [2.75, 3.05) is 12.4 Å². The van der Waals surface area contributed by atoms with Crippen molar-refractivity contribution in [3.05, 3.63) is 76.4 Å². The molecule has 6 atom stereocenters. The van der Waals surface area contributed by atoms with Crippen molar-refractivity contribution in [2.45, 2.75) is 71.9 Å². The van der Waals surface area contributed by atoms with Gasteiger partial charge in [0.05, 0.1) is 7.11 Å². The summed E-state index contributed by atoms with van der Waals surface area (Å²) in [6, 6.07) is 9.72. The summed E-state index contributed by atoms with van der Waals surface area (Å²) < 4.78 is 12.2. The number of carbonyl (C=O) groups is 3. The topological polar surface area (TPSA) is 120 Å². The zero-order valence-electron chi connectivity index (χ0n) is 26.0. The lowest BCUT2D eigenvalue weighted by atomic mass is 9.60. The number of ether oxygens (including phenoxy) is 1. The van der Waals surface area contributed by atoms with Crippen LogP contribution in [-0.4, -0.2) is 35.5 Å². The smallest absolute Gasteiger partial charge is 0.330 e. The molecule has 234 valence electrons. The number of aryl methyl sites for hydroxylation is 1. The Hall–Kier alpha value is -4.14. The highest BCUT2D eigenvalue weighted by atomic mass is 16.5. The van der Waals surface area contributed by atoms with E-state index in [4.69, 9.17) is 4.42 Å². The summed E-state index contributed by atoms with van der Waals surface area (Å²) in [4.78, 5) is 52.0. The third kappa shape index (κ3) is 6.98. The van der Waals surface area contributed by atoms with Gasteiger partial charge in [-0.3, -0.25) is 14.4 Å². The number of aromatic nitrogens is 1. The zero-order chi connectivity index (χ0) is 31.4. The van der Waals surface area contributed by atoms with Gasteiger partial charge in [0.1, 0.15) is 17.3 Å². The summed E-state index contributed by atoms with van der Waals surface area (Å²) in [5, 5.41) is 6.38. The Bertz CT molecular complexity index is 1600. The molecule has 2 aromatic heterocycles. The maximum atomic E-state index is 13.6. The largest absolute Gasteiger partial charge is 0.466 e. The fraction of sp³-hybridized carbons (Fsp3) is 0.486. The molecule has 0 radical (unpaired) electrons. The predicted molar refractivity (Wildman–Crippen MR) is 169 cm³/mol. The molecule has 2 amide bonds. The van der Waals surface area contributed by atoms with Crippen LogP contribution < -0.4 is 16.2 Å². The molecular weight excluding hydrogens is 558 g/mol. The van der Waals surface area contributed by atoms with Crippen molar-refractivity contribution in [1.29, 1.82) is 0 Å². The van der Waals surface area contributed by atoms with Crippen LogP contribution in [-0.2, 0) is 20.9 Å². The number of pyridine rings is 1. The quantitative estimate of drug-likeness (QED) is 0.222. The highest BCUT2D eigenvalue weighted by Crippen LogP contribution is 2.48. The zero-order valence-corrected chi connectivity index (χ0v) is 26.0. The fourth-order valence-electron chi connectivity index (χ4n) is 7.46. The second kappa shape index (κ2) is 13.7. The molecule has 5 rings (SSSR count). The van der Waals surface area contributed by atoms with E-state index in [-0.39, 0.29) is 23.4 Å². The number of nitrogens with one attached hydrogen (secondary N) is 2. The molecule has 2 fully saturated rings. The van der Waals surface area contributed by atoms with Gasteiger partial charge in [0.25, 0.3) is 11.5 Å². The van der Waals surface area contributed by atoms with Crippen molar-refractivity contribution >= 4 is 34.4 Å². The van der Waals surface area contributed by atoms with Crippen LogP contribution in [0.15, 0.2) is 64.0 Å². The number of anilines is 1. The van der Waals surface area contributed by atoms with E-state index in [1.54, 1.807) is 42.0 Å². The Morgan fingerprint density at radius 3 is 2.66 bits per heavy atom. The highest BCUT2D eigenvalue weighted by Gasteiger charge is 2.40. The Balaban J connectivity index is 1.33.